The van der Waals surface area contributed by atoms with Crippen LogP contribution in [-0.2, 0) is 32.0 Å². The Morgan fingerprint density at radius 3 is 2.39 bits per heavy atom. The highest BCUT2D eigenvalue weighted by atomic mass is 16.5. The minimum atomic E-state index is -1.14. The lowest BCUT2D eigenvalue weighted by molar-refractivity contribution is -0.150. The number of nitrogens with zero attached hydrogens (tertiary/aromatic N) is 1. The predicted molar refractivity (Wildman–Crippen MR) is 113 cm³/mol. The fourth-order valence-electron chi connectivity index (χ4n) is 3.22. The van der Waals surface area contributed by atoms with Crippen molar-refractivity contribution in [1.29, 1.82) is 0 Å². The third-order valence-corrected chi connectivity index (χ3v) is 5.09. The van der Waals surface area contributed by atoms with Gasteiger partial charge >= 0.3 is 12.0 Å². The molecule has 1 aliphatic rings. The highest BCUT2D eigenvalue weighted by Crippen LogP contribution is 2.22. The number of carbonyl (C=O) groups is 4. The summed E-state index contributed by atoms with van der Waals surface area (Å²) in [6.45, 7) is 2.96. The summed E-state index contributed by atoms with van der Waals surface area (Å²) in [5.41, 5.74) is 3.95. The normalized spacial score (nSPS) is 17.9. The average Bonchev–Trinajstić information content (AvgIpc) is 2.96. The summed E-state index contributed by atoms with van der Waals surface area (Å²) in [6.07, 6.45) is 0.982. The number of hydrogen-bond acceptors (Lipinski definition) is 5. The van der Waals surface area contributed by atoms with Crippen LogP contribution in [0.5, 0.6) is 0 Å². The second-order valence-corrected chi connectivity index (χ2v) is 7.75. The Bertz CT molecular complexity index is 974. The van der Waals surface area contributed by atoms with Gasteiger partial charge in [0.2, 0.25) is 0 Å². The molecule has 3 rings (SSSR count). The summed E-state index contributed by atoms with van der Waals surface area (Å²) >= 11 is 0. The number of ether oxygens (including phenoxy) is 1. The van der Waals surface area contributed by atoms with Gasteiger partial charge in [0.25, 0.3) is 11.8 Å². The van der Waals surface area contributed by atoms with Crippen molar-refractivity contribution >= 4 is 23.8 Å². The fraction of sp³-hybridized carbons (Fsp3) is 0.304. The fourth-order valence-corrected chi connectivity index (χ4v) is 3.22. The van der Waals surface area contributed by atoms with Gasteiger partial charge in [-0.2, -0.15) is 5.01 Å². The molecule has 8 heteroatoms. The summed E-state index contributed by atoms with van der Waals surface area (Å²) < 4.78 is 4.96. The molecule has 162 valence electrons. The Balaban J connectivity index is 1.48. The molecule has 4 amide bonds. The number of hydrazine groups is 1. The number of amides is 4. The summed E-state index contributed by atoms with van der Waals surface area (Å²) in [6, 6.07) is 16.2. The third-order valence-electron chi connectivity index (χ3n) is 5.09. The van der Waals surface area contributed by atoms with Gasteiger partial charge in [-0.1, -0.05) is 60.2 Å². The maximum absolute atomic E-state index is 12.7. The van der Waals surface area contributed by atoms with Gasteiger partial charge in [0, 0.05) is 0 Å². The molecule has 2 N–H and O–H groups in total. The summed E-state index contributed by atoms with van der Waals surface area (Å²) in [4.78, 5) is 49.0. The first-order valence-electron chi connectivity index (χ1n) is 9.98. The molecule has 1 atom stereocenters. The van der Waals surface area contributed by atoms with Crippen LogP contribution in [0.4, 0.5) is 4.79 Å². The number of rotatable bonds is 8. The van der Waals surface area contributed by atoms with E-state index in [2.05, 4.69) is 10.7 Å². The van der Waals surface area contributed by atoms with Crippen molar-refractivity contribution in [3.63, 3.8) is 0 Å². The molecule has 0 aliphatic carbocycles. The van der Waals surface area contributed by atoms with Gasteiger partial charge in [0.05, 0.1) is 6.42 Å². The van der Waals surface area contributed by atoms with Crippen molar-refractivity contribution in [2.75, 3.05) is 6.61 Å². The second-order valence-electron chi connectivity index (χ2n) is 7.75. The van der Waals surface area contributed by atoms with E-state index in [1.54, 1.807) is 19.1 Å². The third kappa shape index (κ3) is 5.69. The highest BCUT2D eigenvalue weighted by molar-refractivity contribution is 6.07. The van der Waals surface area contributed by atoms with Crippen LogP contribution in [0.25, 0.3) is 0 Å². The molecule has 0 aromatic heterocycles. The van der Waals surface area contributed by atoms with Crippen LogP contribution >= 0.6 is 0 Å². The van der Waals surface area contributed by atoms with E-state index in [-0.39, 0.29) is 6.42 Å². The number of nitrogens with one attached hydrogen (secondary N) is 2. The Labute approximate surface area is 180 Å². The number of imide groups is 1. The average molecular weight is 423 g/mol. The maximum Gasteiger partial charge on any atom is 0.344 e. The van der Waals surface area contributed by atoms with E-state index < -0.39 is 36.0 Å². The van der Waals surface area contributed by atoms with Gasteiger partial charge in [-0.15, -0.1) is 0 Å². The Kier molecular flexibility index (Phi) is 6.69. The molecular formula is C23H25N3O5. The molecule has 2 aromatic carbocycles. The minimum Gasteiger partial charge on any atom is -0.455 e. The molecule has 1 aliphatic heterocycles. The lowest BCUT2D eigenvalue weighted by atomic mass is 9.93. The Hall–Kier alpha value is -3.68. The van der Waals surface area contributed by atoms with Crippen LogP contribution < -0.4 is 10.7 Å². The molecule has 0 unspecified atom stereocenters. The summed E-state index contributed by atoms with van der Waals surface area (Å²) in [7, 11) is 0. The van der Waals surface area contributed by atoms with Crippen molar-refractivity contribution in [2.24, 2.45) is 0 Å². The van der Waals surface area contributed by atoms with E-state index in [0.717, 1.165) is 16.7 Å². The van der Waals surface area contributed by atoms with E-state index in [1.807, 2.05) is 49.4 Å². The van der Waals surface area contributed by atoms with Crippen molar-refractivity contribution < 1.29 is 23.9 Å². The van der Waals surface area contributed by atoms with Gasteiger partial charge in [0.15, 0.2) is 6.61 Å². The smallest absolute Gasteiger partial charge is 0.344 e. The lowest BCUT2D eigenvalue weighted by Gasteiger charge is -2.21. The van der Waals surface area contributed by atoms with Crippen molar-refractivity contribution in [3.8, 4) is 0 Å². The maximum atomic E-state index is 12.7. The molecule has 1 heterocycles. The van der Waals surface area contributed by atoms with Crippen LogP contribution in [0.3, 0.4) is 0 Å². The molecule has 1 saturated heterocycles. The first kappa shape index (κ1) is 22.0. The molecule has 8 nitrogen and oxygen atoms in total. The van der Waals surface area contributed by atoms with E-state index >= 15 is 0 Å². The molecular weight excluding hydrogens is 398 g/mol. The Morgan fingerprint density at radius 1 is 1.03 bits per heavy atom. The highest BCUT2D eigenvalue weighted by Gasteiger charge is 2.48. The van der Waals surface area contributed by atoms with E-state index in [1.165, 1.54) is 0 Å². The number of urea groups is 1. The zero-order valence-electron chi connectivity index (χ0n) is 17.5. The first-order valence-corrected chi connectivity index (χ1v) is 9.98. The Morgan fingerprint density at radius 2 is 1.71 bits per heavy atom. The molecule has 2 aromatic rings. The predicted octanol–water partition coefficient (Wildman–Crippen LogP) is 2.06. The minimum absolute atomic E-state index is 0.0221. The quantitative estimate of drug-likeness (QED) is 0.500. The molecule has 0 spiro atoms. The topological polar surface area (TPSA) is 105 Å². The molecule has 0 saturated carbocycles. The number of aryl methyl sites for hydroxylation is 2. The second kappa shape index (κ2) is 9.42. The summed E-state index contributed by atoms with van der Waals surface area (Å²) in [5.74, 6) is -1.91. The van der Waals surface area contributed by atoms with Crippen LogP contribution in [0.1, 0.15) is 30.0 Å². The van der Waals surface area contributed by atoms with Crippen molar-refractivity contribution in [2.45, 2.75) is 38.6 Å². The molecule has 31 heavy (non-hydrogen) atoms. The SMILES string of the molecule is Cc1ccc(CC(=O)OCC(=O)NN2C(=O)N[C@@](C)(CCc3ccccc3)C2=O)cc1. The largest absolute Gasteiger partial charge is 0.455 e. The van der Waals surface area contributed by atoms with Crippen LogP contribution in [-0.4, -0.2) is 41.0 Å². The molecule has 0 radical (unpaired) electrons. The van der Waals surface area contributed by atoms with E-state index in [0.29, 0.717) is 17.9 Å². The van der Waals surface area contributed by atoms with E-state index in [9.17, 15) is 19.2 Å². The molecule has 0 bridgehead atoms. The number of carbonyl (C=O) groups excluding carboxylic acids is 4. The monoisotopic (exact) mass is 423 g/mol. The number of esters is 1. The van der Waals surface area contributed by atoms with Gasteiger partial charge in [0.1, 0.15) is 5.54 Å². The van der Waals surface area contributed by atoms with Crippen molar-refractivity contribution in [1.82, 2.24) is 15.8 Å². The number of hydrogen-bond donors (Lipinski definition) is 2. The molecule has 1 fully saturated rings. The zero-order chi connectivity index (χ0) is 22.4. The van der Waals surface area contributed by atoms with Crippen molar-refractivity contribution in [3.05, 3.63) is 71.3 Å². The van der Waals surface area contributed by atoms with Gasteiger partial charge < -0.3 is 10.1 Å². The lowest BCUT2D eigenvalue weighted by Crippen LogP contribution is -2.50. The van der Waals surface area contributed by atoms with Crippen LogP contribution in [0, 0.1) is 6.92 Å². The number of benzene rings is 2. The zero-order valence-corrected chi connectivity index (χ0v) is 17.5. The van der Waals surface area contributed by atoms with Crippen LogP contribution in [0.2, 0.25) is 0 Å². The van der Waals surface area contributed by atoms with Gasteiger partial charge in [-0.3, -0.25) is 19.8 Å². The van der Waals surface area contributed by atoms with E-state index in [4.69, 9.17) is 4.74 Å². The van der Waals surface area contributed by atoms with Gasteiger partial charge in [-0.25, -0.2) is 4.79 Å². The standard InChI is InChI=1S/C23H25N3O5/c1-16-8-10-18(11-9-16)14-20(28)31-15-19(27)25-26-21(29)23(2,24-22(26)30)13-12-17-6-4-3-5-7-17/h3-11H,12-15H2,1-2H3,(H,24,30)(H,25,27)/t23-/m0/s1. The van der Waals surface area contributed by atoms with Gasteiger partial charge in [-0.05, 0) is 37.8 Å². The van der Waals surface area contributed by atoms with Crippen LogP contribution in [0.15, 0.2) is 54.6 Å². The summed E-state index contributed by atoms with van der Waals surface area (Å²) in [5, 5.41) is 3.26. The first-order chi connectivity index (χ1) is 14.8.